The molecule has 0 radical (unpaired) electrons. The van der Waals surface area contributed by atoms with E-state index < -0.39 is 0 Å². The minimum Gasteiger partial charge on any atom is -0.454 e. The fourth-order valence-electron chi connectivity index (χ4n) is 1.38. The number of anilines is 1. The van der Waals surface area contributed by atoms with Crippen LogP contribution in [-0.2, 0) is 0 Å². The number of ether oxygens (including phenoxy) is 1. The predicted octanol–water partition coefficient (Wildman–Crippen LogP) is 4.35. The zero-order valence-corrected chi connectivity index (χ0v) is 11.5. The Labute approximate surface area is 118 Å². The van der Waals surface area contributed by atoms with E-state index in [1.807, 2.05) is 0 Å². The third-order valence-corrected chi connectivity index (χ3v) is 3.11. The van der Waals surface area contributed by atoms with Crippen molar-refractivity contribution in [1.82, 2.24) is 0 Å². The van der Waals surface area contributed by atoms with Gasteiger partial charge >= 0.3 is 0 Å². The molecule has 0 amide bonds. The van der Waals surface area contributed by atoms with Gasteiger partial charge in [0.1, 0.15) is 11.5 Å². The van der Waals surface area contributed by atoms with Crippen LogP contribution in [0.1, 0.15) is 5.56 Å². The first-order chi connectivity index (χ1) is 8.60. The first-order valence-corrected chi connectivity index (χ1v) is 6.20. The zero-order valence-electron chi connectivity index (χ0n) is 9.15. The summed E-state index contributed by atoms with van der Waals surface area (Å²) in [6.45, 7) is 0. The van der Waals surface area contributed by atoms with E-state index in [0.29, 0.717) is 32.2 Å². The maximum absolute atomic E-state index is 8.77. The molecule has 0 unspecified atom stereocenters. The van der Waals surface area contributed by atoms with Crippen molar-refractivity contribution in [2.75, 3.05) is 5.73 Å². The van der Waals surface area contributed by atoms with E-state index in [2.05, 4.69) is 22.0 Å². The van der Waals surface area contributed by atoms with Crippen molar-refractivity contribution in [3.05, 3.63) is 51.5 Å². The van der Waals surface area contributed by atoms with Crippen molar-refractivity contribution in [1.29, 1.82) is 5.26 Å². The molecule has 0 aliphatic rings. The van der Waals surface area contributed by atoms with E-state index in [1.165, 1.54) is 0 Å². The van der Waals surface area contributed by atoms with Crippen LogP contribution in [0, 0.1) is 11.3 Å². The molecule has 0 aliphatic carbocycles. The molecule has 0 spiro atoms. The topological polar surface area (TPSA) is 59.0 Å². The maximum atomic E-state index is 8.77. The third kappa shape index (κ3) is 2.76. The molecule has 2 rings (SSSR count). The fourth-order valence-corrected chi connectivity index (χ4v) is 2.02. The summed E-state index contributed by atoms with van der Waals surface area (Å²) in [7, 11) is 0. The normalized spacial score (nSPS) is 9.83. The summed E-state index contributed by atoms with van der Waals surface area (Å²) in [4.78, 5) is 0. The van der Waals surface area contributed by atoms with Crippen LogP contribution >= 0.6 is 27.5 Å². The predicted molar refractivity (Wildman–Crippen MR) is 74.8 cm³/mol. The average molecular weight is 324 g/mol. The first kappa shape index (κ1) is 12.7. The van der Waals surface area contributed by atoms with Crippen LogP contribution in [0.4, 0.5) is 5.69 Å². The molecular weight excluding hydrogens is 316 g/mol. The Morgan fingerprint density at radius 2 is 1.89 bits per heavy atom. The molecule has 90 valence electrons. The van der Waals surface area contributed by atoms with Gasteiger partial charge in [-0.2, -0.15) is 5.26 Å². The maximum Gasteiger partial charge on any atom is 0.150 e. The Morgan fingerprint density at radius 1 is 1.17 bits per heavy atom. The standard InChI is InChI=1S/C13H8BrClN2O/c14-10-5-8(7-16)1-3-12(10)18-13-4-2-9(15)6-11(13)17/h1-6H,17H2. The summed E-state index contributed by atoms with van der Waals surface area (Å²) >= 11 is 9.15. The second kappa shape index (κ2) is 5.30. The van der Waals surface area contributed by atoms with Gasteiger partial charge < -0.3 is 10.5 Å². The number of rotatable bonds is 2. The Morgan fingerprint density at radius 3 is 2.50 bits per heavy atom. The lowest BCUT2D eigenvalue weighted by molar-refractivity contribution is 0.482. The number of nitrogens with two attached hydrogens (primary N) is 1. The van der Waals surface area contributed by atoms with Crippen molar-refractivity contribution in [3.8, 4) is 17.6 Å². The molecule has 0 atom stereocenters. The number of hydrogen-bond donors (Lipinski definition) is 1. The van der Waals surface area contributed by atoms with Crippen LogP contribution in [-0.4, -0.2) is 0 Å². The molecule has 2 aromatic rings. The van der Waals surface area contributed by atoms with Crippen molar-refractivity contribution >= 4 is 33.2 Å². The Kier molecular flexibility index (Phi) is 3.75. The molecule has 0 saturated heterocycles. The average Bonchev–Trinajstić information content (AvgIpc) is 2.34. The molecule has 0 bridgehead atoms. The van der Waals surface area contributed by atoms with E-state index in [1.54, 1.807) is 36.4 Å². The van der Waals surface area contributed by atoms with Crippen LogP contribution in [0.15, 0.2) is 40.9 Å². The number of nitrogens with zero attached hydrogens (tertiary/aromatic N) is 1. The quantitative estimate of drug-likeness (QED) is 0.836. The molecule has 0 aromatic heterocycles. The summed E-state index contributed by atoms with van der Waals surface area (Å²) in [5.74, 6) is 1.10. The minimum atomic E-state index is 0.457. The van der Waals surface area contributed by atoms with Crippen LogP contribution in [0.3, 0.4) is 0 Å². The highest BCUT2D eigenvalue weighted by Crippen LogP contribution is 2.34. The molecule has 0 heterocycles. The minimum absolute atomic E-state index is 0.457. The summed E-state index contributed by atoms with van der Waals surface area (Å²) in [5, 5.41) is 9.33. The van der Waals surface area contributed by atoms with E-state index >= 15 is 0 Å². The van der Waals surface area contributed by atoms with E-state index in [4.69, 9.17) is 27.3 Å². The number of hydrogen-bond acceptors (Lipinski definition) is 3. The van der Waals surface area contributed by atoms with E-state index in [9.17, 15) is 0 Å². The third-order valence-electron chi connectivity index (χ3n) is 2.25. The van der Waals surface area contributed by atoms with Crippen LogP contribution in [0.2, 0.25) is 5.02 Å². The smallest absolute Gasteiger partial charge is 0.150 e. The van der Waals surface area contributed by atoms with Crippen molar-refractivity contribution < 1.29 is 4.74 Å². The van der Waals surface area contributed by atoms with Crippen molar-refractivity contribution in [3.63, 3.8) is 0 Å². The molecule has 5 heteroatoms. The Bertz CT molecular complexity index is 637. The van der Waals surface area contributed by atoms with Crippen LogP contribution in [0.25, 0.3) is 0 Å². The number of nitriles is 1. The van der Waals surface area contributed by atoms with Gasteiger partial charge in [0.25, 0.3) is 0 Å². The fraction of sp³-hybridized carbons (Fsp3) is 0. The SMILES string of the molecule is N#Cc1ccc(Oc2ccc(Cl)cc2N)c(Br)c1. The van der Waals surface area contributed by atoms with E-state index in [-0.39, 0.29) is 0 Å². The zero-order chi connectivity index (χ0) is 13.1. The van der Waals surface area contributed by atoms with Gasteiger partial charge in [-0.25, -0.2) is 0 Å². The molecule has 0 fully saturated rings. The largest absolute Gasteiger partial charge is 0.454 e. The summed E-state index contributed by atoms with van der Waals surface area (Å²) < 4.78 is 6.35. The molecule has 18 heavy (non-hydrogen) atoms. The van der Waals surface area contributed by atoms with Crippen LogP contribution in [0.5, 0.6) is 11.5 Å². The summed E-state index contributed by atoms with van der Waals surface area (Å²) in [6.07, 6.45) is 0. The lowest BCUT2D eigenvalue weighted by atomic mass is 10.2. The Balaban J connectivity index is 2.32. The second-order valence-electron chi connectivity index (χ2n) is 3.54. The van der Waals surface area contributed by atoms with Gasteiger partial charge in [-0.15, -0.1) is 0 Å². The molecule has 0 saturated carbocycles. The number of halogens is 2. The van der Waals surface area contributed by atoms with Gasteiger partial charge in [0.15, 0.2) is 0 Å². The molecule has 2 aromatic carbocycles. The van der Waals surface area contributed by atoms with Gasteiger partial charge in [0.05, 0.1) is 21.8 Å². The number of benzene rings is 2. The molecular formula is C13H8BrClN2O. The highest BCUT2D eigenvalue weighted by atomic mass is 79.9. The highest BCUT2D eigenvalue weighted by molar-refractivity contribution is 9.10. The molecule has 2 N–H and O–H groups in total. The van der Waals surface area contributed by atoms with Crippen molar-refractivity contribution in [2.45, 2.75) is 0 Å². The van der Waals surface area contributed by atoms with Crippen LogP contribution < -0.4 is 10.5 Å². The molecule has 0 aliphatic heterocycles. The monoisotopic (exact) mass is 322 g/mol. The first-order valence-electron chi connectivity index (χ1n) is 5.02. The van der Waals surface area contributed by atoms with Gasteiger partial charge in [0.2, 0.25) is 0 Å². The van der Waals surface area contributed by atoms with Gasteiger partial charge in [0, 0.05) is 5.02 Å². The summed E-state index contributed by atoms with van der Waals surface area (Å²) in [6, 6.07) is 12.1. The lowest BCUT2D eigenvalue weighted by Crippen LogP contribution is -1.92. The number of nitrogen functional groups attached to an aromatic ring is 1. The van der Waals surface area contributed by atoms with Gasteiger partial charge in [-0.1, -0.05) is 11.6 Å². The second-order valence-corrected chi connectivity index (χ2v) is 4.83. The lowest BCUT2D eigenvalue weighted by Gasteiger charge is -2.10. The van der Waals surface area contributed by atoms with E-state index in [0.717, 1.165) is 0 Å². The van der Waals surface area contributed by atoms with Gasteiger partial charge in [-0.3, -0.25) is 0 Å². The van der Waals surface area contributed by atoms with Crippen molar-refractivity contribution in [2.24, 2.45) is 0 Å². The van der Waals surface area contributed by atoms with Gasteiger partial charge in [-0.05, 0) is 52.3 Å². The highest BCUT2D eigenvalue weighted by Gasteiger charge is 2.07. The molecule has 3 nitrogen and oxygen atoms in total. The summed E-state index contributed by atoms with van der Waals surface area (Å²) in [5.41, 5.74) is 6.81. The Hall–Kier alpha value is -1.70.